The maximum atomic E-state index is 12.3. The minimum atomic E-state index is -0.599. The van der Waals surface area contributed by atoms with E-state index in [0.717, 1.165) is 30.2 Å². The Morgan fingerprint density at radius 3 is 2.68 bits per heavy atom. The SMILES string of the molecule is CCCCNC(=O)CC1SC(=O)N(Cc2ccccc2)C1=O. The van der Waals surface area contributed by atoms with E-state index >= 15 is 0 Å². The molecule has 1 fully saturated rings. The van der Waals surface area contributed by atoms with Crippen molar-refractivity contribution >= 4 is 28.8 Å². The third-order valence-corrected chi connectivity index (χ3v) is 4.49. The van der Waals surface area contributed by atoms with Gasteiger partial charge in [-0.25, -0.2) is 0 Å². The molecule has 118 valence electrons. The molecule has 3 amide bonds. The number of carbonyl (C=O) groups excluding carboxylic acids is 3. The number of carbonyl (C=O) groups is 3. The fraction of sp³-hybridized carbons (Fsp3) is 0.438. The Morgan fingerprint density at radius 1 is 1.27 bits per heavy atom. The number of imide groups is 1. The molecule has 0 bridgehead atoms. The van der Waals surface area contributed by atoms with Crippen molar-refractivity contribution in [1.82, 2.24) is 10.2 Å². The summed E-state index contributed by atoms with van der Waals surface area (Å²) in [5.41, 5.74) is 0.901. The number of thioether (sulfide) groups is 1. The summed E-state index contributed by atoms with van der Waals surface area (Å²) in [6, 6.07) is 9.36. The molecule has 6 heteroatoms. The highest BCUT2D eigenvalue weighted by atomic mass is 32.2. The van der Waals surface area contributed by atoms with Crippen LogP contribution in [0.15, 0.2) is 30.3 Å². The van der Waals surface area contributed by atoms with E-state index in [2.05, 4.69) is 5.32 Å². The van der Waals surface area contributed by atoms with Crippen molar-refractivity contribution in [2.75, 3.05) is 6.54 Å². The van der Waals surface area contributed by atoms with Gasteiger partial charge in [0.05, 0.1) is 6.54 Å². The van der Waals surface area contributed by atoms with Crippen LogP contribution < -0.4 is 5.32 Å². The predicted molar refractivity (Wildman–Crippen MR) is 86.3 cm³/mol. The van der Waals surface area contributed by atoms with Crippen LogP contribution >= 0.6 is 11.8 Å². The van der Waals surface area contributed by atoms with E-state index in [0.29, 0.717) is 6.54 Å². The largest absolute Gasteiger partial charge is 0.356 e. The van der Waals surface area contributed by atoms with E-state index in [1.807, 2.05) is 37.3 Å². The molecular weight excluding hydrogens is 300 g/mol. The van der Waals surface area contributed by atoms with Gasteiger partial charge in [0.1, 0.15) is 5.25 Å². The molecule has 1 aliphatic rings. The Kier molecular flexibility index (Phi) is 6.00. The van der Waals surface area contributed by atoms with E-state index < -0.39 is 5.25 Å². The van der Waals surface area contributed by atoms with Gasteiger partial charge in [-0.05, 0) is 12.0 Å². The van der Waals surface area contributed by atoms with Crippen molar-refractivity contribution in [1.29, 1.82) is 0 Å². The maximum Gasteiger partial charge on any atom is 0.289 e. The Bertz CT molecular complexity index is 548. The summed E-state index contributed by atoms with van der Waals surface area (Å²) in [4.78, 5) is 37.3. The summed E-state index contributed by atoms with van der Waals surface area (Å²) in [5.74, 6) is -0.446. The van der Waals surface area contributed by atoms with Crippen LogP contribution in [0.5, 0.6) is 0 Å². The van der Waals surface area contributed by atoms with Gasteiger partial charge in [-0.1, -0.05) is 55.4 Å². The Hall–Kier alpha value is -1.82. The van der Waals surface area contributed by atoms with Gasteiger partial charge in [-0.2, -0.15) is 0 Å². The Labute approximate surface area is 134 Å². The second kappa shape index (κ2) is 7.98. The molecule has 0 aliphatic carbocycles. The highest BCUT2D eigenvalue weighted by Crippen LogP contribution is 2.30. The zero-order valence-electron chi connectivity index (χ0n) is 12.6. The molecule has 1 N–H and O–H groups in total. The molecule has 0 spiro atoms. The van der Waals surface area contributed by atoms with Crippen LogP contribution in [0.25, 0.3) is 0 Å². The second-order valence-corrected chi connectivity index (χ2v) is 6.34. The molecule has 1 aromatic rings. The molecule has 0 radical (unpaired) electrons. The summed E-state index contributed by atoms with van der Waals surface area (Å²) in [7, 11) is 0. The molecule has 22 heavy (non-hydrogen) atoms. The van der Waals surface area contributed by atoms with Crippen molar-refractivity contribution in [3.63, 3.8) is 0 Å². The monoisotopic (exact) mass is 320 g/mol. The van der Waals surface area contributed by atoms with E-state index in [4.69, 9.17) is 0 Å². The number of amides is 3. The third-order valence-electron chi connectivity index (χ3n) is 3.41. The highest BCUT2D eigenvalue weighted by Gasteiger charge is 2.40. The first kappa shape index (κ1) is 16.5. The van der Waals surface area contributed by atoms with E-state index in [9.17, 15) is 14.4 Å². The fourth-order valence-corrected chi connectivity index (χ4v) is 3.17. The van der Waals surface area contributed by atoms with Crippen LogP contribution in [-0.2, 0) is 16.1 Å². The standard InChI is InChI=1S/C16H20N2O3S/c1-2-3-9-17-14(19)10-13-15(20)18(16(21)22-13)11-12-7-5-4-6-8-12/h4-8,13H,2-3,9-11H2,1H3,(H,17,19). The number of nitrogens with one attached hydrogen (secondary N) is 1. The lowest BCUT2D eigenvalue weighted by Crippen LogP contribution is -2.34. The normalized spacial score (nSPS) is 17.9. The van der Waals surface area contributed by atoms with Crippen LogP contribution in [-0.4, -0.2) is 33.7 Å². The molecule has 2 rings (SSSR count). The summed E-state index contributed by atoms with van der Waals surface area (Å²) < 4.78 is 0. The molecule has 1 atom stereocenters. The summed E-state index contributed by atoms with van der Waals surface area (Å²) in [6.07, 6.45) is 1.97. The number of rotatable bonds is 7. The van der Waals surface area contributed by atoms with Crippen LogP contribution in [0.4, 0.5) is 4.79 Å². The minimum Gasteiger partial charge on any atom is -0.356 e. The topological polar surface area (TPSA) is 66.5 Å². The van der Waals surface area contributed by atoms with E-state index in [1.54, 1.807) is 0 Å². The highest BCUT2D eigenvalue weighted by molar-refractivity contribution is 8.15. The molecule has 1 unspecified atom stereocenters. The van der Waals surface area contributed by atoms with Gasteiger partial charge in [0.25, 0.3) is 5.24 Å². The number of hydrogen-bond acceptors (Lipinski definition) is 4. The lowest BCUT2D eigenvalue weighted by atomic mass is 10.2. The number of unbranched alkanes of at least 4 members (excludes halogenated alkanes) is 1. The van der Waals surface area contributed by atoms with Gasteiger partial charge >= 0.3 is 0 Å². The number of nitrogens with zero attached hydrogens (tertiary/aromatic N) is 1. The second-order valence-electron chi connectivity index (χ2n) is 5.19. The van der Waals surface area contributed by atoms with Crippen LogP contribution in [0, 0.1) is 0 Å². The van der Waals surface area contributed by atoms with Gasteiger partial charge < -0.3 is 5.32 Å². The van der Waals surface area contributed by atoms with Gasteiger partial charge in [-0.15, -0.1) is 0 Å². The molecule has 1 saturated heterocycles. The van der Waals surface area contributed by atoms with Gasteiger partial charge in [-0.3, -0.25) is 19.3 Å². The van der Waals surface area contributed by atoms with Crippen LogP contribution in [0.3, 0.4) is 0 Å². The number of hydrogen-bond donors (Lipinski definition) is 1. The Balaban J connectivity index is 1.90. The zero-order chi connectivity index (χ0) is 15.9. The van der Waals surface area contributed by atoms with Crippen molar-refractivity contribution < 1.29 is 14.4 Å². The van der Waals surface area contributed by atoms with Crippen LogP contribution in [0.1, 0.15) is 31.7 Å². The molecule has 1 aromatic carbocycles. The summed E-state index contributed by atoms with van der Waals surface area (Å²) in [6.45, 7) is 2.92. The zero-order valence-corrected chi connectivity index (χ0v) is 13.4. The van der Waals surface area contributed by atoms with Crippen molar-refractivity contribution in [3.05, 3.63) is 35.9 Å². The van der Waals surface area contributed by atoms with Gasteiger partial charge in [0.15, 0.2) is 0 Å². The average molecular weight is 320 g/mol. The predicted octanol–water partition coefficient (Wildman–Crippen LogP) is 2.56. The molecule has 5 nitrogen and oxygen atoms in total. The van der Waals surface area contributed by atoms with Crippen LogP contribution in [0.2, 0.25) is 0 Å². The molecule has 0 saturated carbocycles. The smallest absolute Gasteiger partial charge is 0.289 e. The maximum absolute atomic E-state index is 12.3. The van der Waals surface area contributed by atoms with Gasteiger partial charge in [0, 0.05) is 13.0 Å². The summed E-state index contributed by atoms with van der Waals surface area (Å²) >= 11 is 0.945. The molecule has 0 aromatic heterocycles. The van der Waals surface area contributed by atoms with Crippen molar-refractivity contribution in [2.24, 2.45) is 0 Å². The van der Waals surface area contributed by atoms with Crippen molar-refractivity contribution in [2.45, 2.75) is 38.0 Å². The molecule has 1 aliphatic heterocycles. The van der Waals surface area contributed by atoms with Gasteiger partial charge in [0.2, 0.25) is 11.8 Å². The summed E-state index contributed by atoms with van der Waals surface area (Å²) in [5, 5.41) is 1.90. The third kappa shape index (κ3) is 4.34. The first-order chi connectivity index (χ1) is 10.6. The van der Waals surface area contributed by atoms with E-state index in [1.165, 1.54) is 4.90 Å². The average Bonchev–Trinajstić information content (AvgIpc) is 2.76. The quantitative estimate of drug-likeness (QED) is 0.784. The lowest BCUT2D eigenvalue weighted by molar-refractivity contribution is -0.130. The molecule has 1 heterocycles. The fourth-order valence-electron chi connectivity index (χ4n) is 2.18. The molecular formula is C16H20N2O3S. The van der Waals surface area contributed by atoms with E-state index in [-0.39, 0.29) is 30.0 Å². The lowest BCUT2D eigenvalue weighted by Gasteiger charge is -2.13. The number of benzene rings is 1. The Morgan fingerprint density at radius 2 is 2.00 bits per heavy atom. The van der Waals surface area contributed by atoms with Crippen molar-refractivity contribution in [3.8, 4) is 0 Å². The first-order valence-electron chi connectivity index (χ1n) is 7.44. The first-order valence-corrected chi connectivity index (χ1v) is 8.32. The minimum absolute atomic E-state index is 0.0598.